The number of rotatable bonds is 3. The number of nitrogens with one attached hydrogen (secondary N) is 1. The number of methoxy groups -OCH3 is 1. The third-order valence-electron chi connectivity index (χ3n) is 2.98. The SMILES string of the molecule is COc1cc(Cl)c(C)cc1Nc1cccc(C#N)c1N. The van der Waals surface area contributed by atoms with Crippen LogP contribution in [0.4, 0.5) is 17.1 Å². The Morgan fingerprint density at radius 3 is 2.70 bits per heavy atom. The van der Waals surface area contributed by atoms with E-state index in [1.54, 1.807) is 31.4 Å². The number of ether oxygens (including phenoxy) is 1. The van der Waals surface area contributed by atoms with E-state index >= 15 is 0 Å². The smallest absolute Gasteiger partial charge is 0.143 e. The maximum Gasteiger partial charge on any atom is 0.143 e. The summed E-state index contributed by atoms with van der Waals surface area (Å²) in [6.07, 6.45) is 0. The Balaban J connectivity index is 2.45. The highest BCUT2D eigenvalue weighted by molar-refractivity contribution is 6.31. The average molecular weight is 288 g/mol. The van der Waals surface area contributed by atoms with Crippen LogP contribution in [0.1, 0.15) is 11.1 Å². The lowest BCUT2D eigenvalue weighted by Crippen LogP contribution is -2.00. The van der Waals surface area contributed by atoms with Gasteiger partial charge in [0.15, 0.2) is 0 Å². The summed E-state index contributed by atoms with van der Waals surface area (Å²) in [5.41, 5.74) is 9.11. The summed E-state index contributed by atoms with van der Waals surface area (Å²) in [6, 6.07) is 10.9. The Labute approximate surface area is 122 Å². The van der Waals surface area contributed by atoms with Gasteiger partial charge in [-0.3, -0.25) is 0 Å². The Bertz CT molecular complexity index is 692. The van der Waals surface area contributed by atoms with Crippen LogP contribution < -0.4 is 15.8 Å². The first kappa shape index (κ1) is 14.0. The molecule has 0 amide bonds. The molecule has 0 aliphatic rings. The molecule has 0 saturated carbocycles. The van der Waals surface area contributed by atoms with E-state index in [-0.39, 0.29) is 0 Å². The highest BCUT2D eigenvalue weighted by Gasteiger charge is 2.10. The van der Waals surface area contributed by atoms with Crippen LogP contribution in [-0.2, 0) is 0 Å². The summed E-state index contributed by atoms with van der Waals surface area (Å²) in [5, 5.41) is 12.8. The molecule has 0 saturated heterocycles. The monoisotopic (exact) mass is 287 g/mol. The predicted octanol–water partition coefficient (Wildman–Crippen LogP) is 3.85. The molecule has 20 heavy (non-hydrogen) atoms. The molecule has 2 aromatic carbocycles. The van der Waals surface area contributed by atoms with Crippen LogP contribution in [-0.4, -0.2) is 7.11 Å². The van der Waals surface area contributed by atoms with E-state index in [1.165, 1.54) is 0 Å². The Hall–Kier alpha value is -2.38. The Morgan fingerprint density at radius 2 is 2.05 bits per heavy atom. The molecule has 4 nitrogen and oxygen atoms in total. The highest BCUT2D eigenvalue weighted by atomic mass is 35.5. The van der Waals surface area contributed by atoms with Gasteiger partial charge in [0, 0.05) is 11.1 Å². The van der Waals surface area contributed by atoms with Crippen molar-refractivity contribution in [3.63, 3.8) is 0 Å². The second-order valence-corrected chi connectivity index (χ2v) is 4.71. The standard InChI is InChI=1S/C15H14ClN3O/c1-9-6-13(14(20-2)7-11(9)16)19-12-5-3-4-10(8-17)15(12)18/h3-7,19H,18H2,1-2H3. The van der Waals surface area contributed by atoms with Gasteiger partial charge in [0.2, 0.25) is 0 Å². The molecule has 3 N–H and O–H groups in total. The molecule has 0 aliphatic heterocycles. The summed E-state index contributed by atoms with van der Waals surface area (Å²) < 4.78 is 5.30. The molecule has 0 spiro atoms. The summed E-state index contributed by atoms with van der Waals surface area (Å²) in [5.74, 6) is 0.613. The van der Waals surface area contributed by atoms with E-state index in [4.69, 9.17) is 27.3 Å². The van der Waals surface area contributed by atoms with Crippen LogP contribution in [0.25, 0.3) is 0 Å². The normalized spacial score (nSPS) is 9.90. The first-order valence-electron chi connectivity index (χ1n) is 5.96. The fourth-order valence-electron chi connectivity index (χ4n) is 1.85. The minimum absolute atomic E-state index is 0.407. The molecule has 102 valence electrons. The first-order valence-corrected chi connectivity index (χ1v) is 6.34. The van der Waals surface area contributed by atoms with Crippen molar-refractivity contribution >= 4 is 28.7 Å². The summed E-state index contributed by atoms with van der Waals surface area (Å²) in [4.78, 5) is 0. The zero-order valence-corrected chi connectivity index (χ0v) is 12.0. The molecule has 0 fully saturated rings. The third-order valence-corrected chi connectivity index (χ3v) is 3.38. The number of nitriles is 1. The number of nitrogen functional groups attached to an aromatic ring is 1. The van der Waals surface area contributed by atoms with Gasteiger partial charge in [-0.1, -0.05) is 17.7 Å². The zero-order valence-electron chi connectivity index (χ0n) is 11.2. The van der Waals surface area contributed by atoms with E-state index in [0.717, 1.165) is 11.3 Å². The number of hydrogen-bond donors (Lipinski definition) is 2. The number of aryl methyl sites for hydroxylation is 1. The molecular weight excluding hydrogens is 274 g/mol. The zero-order chi connectivity index (χ0) is 14.7. The predicted molar refractivity (Wildman–Crippen MR) is 81.6 cm³/mol. The van der Waals surface area contributed by atoms with E-state index in [1.807, 2.05) is 13.0 Å². The number of anilines is 3. The van der Waals surface area contributed by atoms with Crippen LogP contribution in [0.3, 0.4) is 0 Å². The van der Waals surface area contributed by atoms with Crippen molar-refractivity contribution in [1.82, 2.24) is 0 Å². The van der Waals surface area contributed by atoms with Crippen molar-refractivity contribution in [2.45, 2.75) is 6.92 Å². The van der Waals surface area contributed by atoms with Crippen molar-refractivity contribution in [1.29, 1.82) is 5.26 Å². The second kappa shape index (κ2) is 5.72. The first-order chi connectivity index (χ1) is 9.56. The maximum absolute atomic E-state index is 8.99. The van der Waals surface area contributed by atoms with Crippen molar-refractivity contribution in [3.05, 3.63) is 46.5 Å². The number of nitrogens with two attached hydrogens (primary N) is 1. The van der Waals surface area contributed by atoms with Crippen LogP contribution in [0.2, 0.25) is 5.02 Å². The van der Waals surface area contributed by atoms with Crippen molar-refractivity contribution < 1.29 is 4.74 Å². The largest absolute Gasteiger partial charge is 0.495 e. The van der Waals surface area contributed by atoms with Crippen LogP contribution in [0.5, 0.6) is 5.75 Å². The lowest BCUT2D eigenvalue weighted by molar-refractivity contribution is 0.417. The lowest BCUT2D eigenvalue weighted by atomic mass is 10.1. The minimum atomic E-state index is 0.407. The third kappa shape index (κ3) is 2.63. The second-order valence-electron chi connectivity index (χ2n) is 4.31. The maximum atomic E-state index is 8.99. The van der Waals surface area contributed by atoms with Crippen molar-refractivity contribution in [3.8, 4) is 11.8 Å². The van der Waals surface area contributed by atoms with E-state index < -0.39 is 0 Å². The summed E-state index contributed by atoms with van der Waals surface area (Å²) in [7, 11) is 1.57. The number of benzene rings is 2. The van der Waals surface area contributed by atoms with Gasteiger partial charge >= 0.3 is 0 Å². The van der Waals surface area contributed by atoms with Gasteiger partial charge in [0.25, 0.3) is 0 Å². The van der Waals surface area contributed by atoms with Gasteiger partial charge in [-0.15, -0.1) is 0 Å². The van der Waals surface area contributed by atoms with E-state index in [9.17, 15) is 0 Å². The van der Waals surface area contributed by atoms with Crippen LogP contribution in [0.15, 0.2) is 30.3 Å². The number of para-hydroxylation sites is 1. The molecule has 2 aromatic rings. The Kier molecular flexibility index (Phi) is 4.02. The number of nitrogens with zero attached hydrogens (tertiary/aromatic N) is 1. The average Bonchev–Trinajstić information content (AvgIpc) is 2.44. The van der Waals surface area contributed by atoms with Gasteiger partial charge in [-0.05, 0) is 30.7 Å². The summed E-state index contributed by atoms with van der Waals surface area (Å²) >= 11 is 6.07. The van der Waals surface area contributed by atoms with Crippen molar-refractivity contribution in [2.24, 2.45) is 0 Å². The van der Waals surface area contributed by atoms with Gasteiger partial charge in [0.05, 0.1) is 29.7 Å². The molecule has 0 unspecified atom stereocenters. The van der Waals surface area contributed by atoms with E-state index in [2.05, 4.69) is 11.4 Å². The van der Waals surface area contributed by atoms with Crippen LogP contribution >= 0.6 is 11.6 Å². The fraction of sp³-hybridized carbons (Fsp3) is 0.133. The topological polar surface area (TPSA) is 71.1 Å². The quantitative estimate of drug-likeness (QED) is 0.841. The molecular formula is C15H14ClN3O. The van der Waals surface area contributed by atoms with Crippen LogP contribution in [0, 0.1) is 18.3 Å². The summed E-state index contributed by atoms with van der Waals surface area (Å²) in [6.45, 7) is 1.90. The molecule has 2 rings (SSSR count). The molecule has 0 heterocycles. The van der Waals surface area contributed by atoms with Gasteiger partial charge < -0.3 is 15.8 Å². The fourth-order valence-corrected chi connectivity index (χ4v) is 2.00. The molecule has 0 aromatic heterocycles. The number of halogens is 1. The molecule has 0 radical (unpaired) electrons. The van der Waals surface area contributed by atoms with Crippen molar-refractivity contribution in [2.75, 3.05) is 18.2 Å². The molecule has 0 bridgehead atoms. The van der Waals surface area contributed by atoms with E-state index in [0.29, 0.717) is 27.7 Å². The highest BCUT2D eigenvalue weighted by Crippen LogP contribution is 2.35. The van der Waals surface area contributed by atoms with Gasteiger partial charge in [-0.2, -0.15) is 5.26 Å². The number of hydrogen-bond acceptors (Lipinski definition) is 4. The van der Waals surface area contributed by atoms with Gasteiger partial charge in [0.1, 0.15) is 11.8 Å². The van der Waals surface area contributed by atoms with Gasteiger partial charge in [-0.25, -0.2) is 0 Å². The lowest BCUT2D eigenvalue weighted by Gasteiger charge is -2.15. The Morgan fingerprint density at radius 1 is 1.30 bits per heavy atom. The molecule has 5 heteroatoms. The minimum Gasteiger partial charge on any atom is -0.495 e. The molecule has 0 aliphatic carbocycles. The molecule has 0 atom stereocenters.